The van der Waals surface area contributed by atoms with E-state index in [0.717, 1.165) is 10.6 Å². The number of aliphatic imine (C=N–C) groups is 1. The summed E-state index contributed by atoms with van der Waals surface area (Å²) < 4.78 is 0. The molecule has 2 aliphatic rings. The van der Waals surface area contributed by atoms with E-state index in [4.69, 9.17) is 0 Å². The highest BCUT2D eigenvalue weighted by Gasteiger charge is 2.24. The van der Waals surface area contributed by atoms with Crippen molar-refractivity contribution in [3.05, 3.63) is 49.5 Å². The Bertz CT molecular complexity index is 701. The van der Waals surface area contributed by atoms with Gasteiger partial charge >= 0.3 is 5.69 Å². The molecule has 3 rings (SSSR count). The van der Waals surface area contributed by atoms with E-state index in [2.05, 4.69) is 15.0 Å². The smallest absolute Gasteiger partial charge is 0.289 e. The Labute approximate surface area is 105 Å². The van der Waals surface area contributed by atoms with Gasteiger partial charge in [0.25, 0.3) is 5.70 Å². The normalized spacial score (nSPS) is 17.0. The molecule has 1 aromatic rings. The highest BCUT2D eigenvalue weighted by molar-refractivity contribution is 8.04. The van der Waals surface area contributed by atoms with Gasteiger partial charge in [-0.25, -0.2) is 14.8 Å². The Morgan fingerprint density at radius 1 is 1.50 bits per heavy atom. The molecule has 0 saturated carbocycles. The summed E-state index contributed by atoms with van der Waals surface area (Å²) in [5, 5.41) is 10.7. The molecule has 1 aromatic heterocycles. The van der Waals surface area contributed by atoms with Crippen LogP contribution in [0.5, 0.6) is 0 Å². The molecule has 1 aliphatic carbocycles. The number of aromatic amines is 1. The minimum atomic E-state index is -0.455. The Hall–Kier alpha value is -2.22. The molecule has 0 bridgehead atoms. The zero-order valence-electron chi connectivity index (χ0n) is 8.91. The van der Waals surface area contributed by atoms with Crippen LogP contribution in [0.25, 0.3) is 0 Å². The van der Waals surface area contributed by atoms with Crippen LogP contribution in [0.2, 0.25) is 0 Å². The van der Waals surface area contributed by atoms with E-state index in [1.54, 1.807) is 0 Å². The molecular weight excluding hydrogens is 256 g/mol. The molecular formula is C10H6N4O3S. The van der Waals surface area contributed by atoms with Gasteiger partial charge in [-0.05, 0) is 6.08 Å². The van der Waals surface area contributed by atoms with Crippen molar-refractivity contribution in [1.29, 1.82) is 0 Å². The van der Waals surface area contributed by atoms with Crippen molar-refractivity contribution in [3.8, 4) is 0 Å². The number of thioether (sulfide) groups is 1. The molecule has 0 atom stereocenters. The molecule has 0 fully saturated rings. The molecule has 0 spiro atoms. The molecule has 8 heteroatoms. The summed E-state index contributed by atoms with van der Waals surface area (Å²) in [6.07, 6.45) is 4.80. The second kappa shape index (κ2) is 3.91. The van der Waals surface area contributed by atoms with Crippen molar-refractivity contribution >= 4 is 23.3 Å². The molecule has 0 amide bonds. The molecule has 18 heavy (non-hydrogen) atoms. The third-order valence-electron chi connectivity index (χ3n) is 2.50. The fraction of sp³-hybridized carbons (Fsp3) is 0.100. The van der Waals surface area contributed by atoms with Gasteiger partial charge in [-0.15, -0.1) is 0 Å². The fourth-order valence-corrected chi connectivity index (χ4v) is 2.64. The zero-order chi connectivity index (χ0) is 12.7. The van der Waals surface area contributed by atoms with Crippen LogP contribution in [-0.4, -0.2) is 20.6 Å². The summed E-state index contributed by atoms with van der Waals surface area (Å²) in [5.41, 5.74) is 0.334. The standard InChI is InChI=1S/C10H6N4O3S/c15-10-11-4-8-9(13-10)12-6-2-1-5(14(16)17)3-7(6)18-8/h1,3-4H,2H2,(H,11,13,15). The highest BCUT2D eigenvalue weighted by atomic mass is 32.2. The summed E-state index contributed by atoms with van der Waals surface area (Å²) in [4.78, 5) is 33.2. The van der Waals surface area contributed by atoms with Gasteiger partial charge in [0, 0.05) is 17.4 Å². The maximum atomic E-state index is 11.1. The molecule has 2 heterocycles. The van der Waals surface area contributed by atoms with Crippen LogP contribution in [0.4, 0.5) is 5.82 Å². The molecule has 7 nitrogen and oxygen atoms in total. The first-order valence-electron chi connectivity index (χ1n) is 5.05. The molecule has 0 saturated heterocycles. The molecule has 1 N–H and O–H groups in total. The third kappa shape index (κ3) is 1.76. The summed E-state index contributed by atoms with van der Waals surface area (Å²) >= 11 is 1.32. The van der Waals surface area contributed by atoms with Crippen molar-refractivity contribution in [2.24, 2.45) is 4.99 Å². The SMILES string of the molecule is O=c1ncc2c([nH]1)N=C1CC=C([N+](=O)[O-])C=C1S2. The zero-order valence-corrected chi connectivity index (χ0v) is 9.73. The van der Waals surface area contributed by atoms with Gasteiger partial charge < -0.3 is 0 Å². The molecule has 90 valence electrons. The number of rotatable bonds is 1. The maximum absolute atomic E-state index is 11.1. The predicted molar refractivity (Wildman–Crippen MR) is 65.6 cm³/mol. The van der Waals surface area contributed by atoms with Crippen LogP contribution in [-0.2, 0) is 0 Å². The average Bonchev–Trinajstić information content (AvgIpc) is 2.35. The molecule has 0 aromatic carbocycles. The van der Waals surface area contributed by atoms with Crippen molar-refractivity contribution in [3.63, 3.8) is 0 Å². The lowest BCUT2D eigenvalue weighted by Gasteiger charge is -2.17. The number of aromatic nitrogens is 2. The van der Waals surface area contributed by atoms with Crippen LogP contribution in [0.3, 0.4) is 0 Å². The first kappa shape index (κ1) is 10.9. The van der Waals surface area contributed by atoms with Crippen LogP contribution in [0.1, 0.15) is 6.42 Å². The fourth-order valence-electron chi connectivity index (χ4n) is 1.68. The third-order valence-corrected chi connectivity index (χ3v) is 3.60. The minimum Gasteiger partial charge on any atom is -0.289 e. The topological polar surface area (TPSA) is 101 Å². The Balaban J connectivity index is 2.06. The lowest BCUT2D eigenvalue weighted by molar-refractivity contribution is -0.419. The average molecular weight is 262 g/mol. The number of nitrogens with one attached hydrogen (secondary N) is 1. The Morgan fingerprint density at radius 3 is 3.11 bits per heavy atom. The number of allylic oxidation sites excluding steroid dienone is 3. The van der Waals surface area contributed by atoms with E-state index in [9.17, 15) is 14.9 Å². The lowest BCUT2D eigenvalue weighted by atomic mass is 10.1. The number of hydrogen-bond donors (Lipinski definition) is 1. The van der Waals surface area contributed by atoms with Crippen molar-refractivity contribution < 1.29 is 4.92 Å². The number of fused-ring (bicyclic) bond motifs is 2. The van der Waals surface area contributed by atoms with Gasteiger partial charge in [0.05, 0.1) is 21.7 Å². The quantitative estimate of drug-likeness (QED) is 0.608. The largest absolute Gasteiger partial charge is 0.346 e. The van der Waals surface area contributed by atoms with E-state index < -0.39 is 10.6 Å². The van der Waals surface area contributed by atoms with Gasteiger partial charge in [-0.2, -0.15) is 0 Å². The summed E-state index contributed by atoms with van der Waals surface area (Å²) in [6, 6.07) is 0. The van der Waals surface area contributed by atoms with Gasteiger partial charge in [-0.1, -0.05) is 11.8 Å². The summed E-state index contributed by atoms with van der Waals surface area (Å²) in [5.74, 6) is 0.463. The molecule has 0 unspecified atom stereocenters. The van der Waals surface area contributed by atoms with E-state index in [-0.39, 0.29) is 5.70 Å². The molecule has 1 aliphatic heterocycles. The lowest BCUT2D eigenvalue weighted by Crippen LogP contribution is -2.14. The van der Waals surface area contributed by atoms with Crippen molar-refractivity contribution in [2.45, 2.75) is 11.3 Å². The second-order valence-corrected chi connectivity index (χ2v) is 4.74. The monoisotopic (exact) mass is 262 g/mol. The van der Waals surface area contributed by atoms with Crippen LogP contribution < -0.4 is 5.69 Å². The number of hydrogen-bond acceptors (Lipinski definition) is 6. The van der Waals surface area contributed by atoms with Crippen molar-refractivity contribution in [2.75, 3.05) is 0 Å². The van der Waals surface area contributed by atoms with Crippen LogP contribution >= 0.6 is 11.8 Å². The van der Waals surface area contributed by atoms with Crippen LogP contribution in [0, 0.1) is 10.1 Å². The number of nitrogens with zero attached hydrogens (tertiary/aromatic N) is 3. The number of nitro groups is 1. The minimum absolute atomic E-state index is 0.0669. The van der Waals surface area contributed by atoms with Crippen molar-refractivity contribution in [1.82, 2.24) is 9.97 Å². The summed E-state index contributed by atoms with van der Waals surface area (Å²) in [7, 11) is 0. The molecule has 0 radical (unpaired) electrons. The first-order valence-corrected chi connectivity index (χ1v) is 5.86. The van der Waals surface area contributed by atoms with Gasteiger partial charge in [0.1, 0.15) is 5.82 Å². The van der Waals surface area contributed by atoms with Gasteiger partial charge in [-0.3, -0.25) is 15.1 Å². The van der Waals surface area contributed by atoms with E-state index >= 15 is 0 Å². The highest BCUT2D eigenvalue weighted by Crippen LogP contribution is 2.40. The van der Waals surface area contributed by atoms with E-state index in [1.165, 1.54) is 30.1 Å². The Kier molecular flexibility index (Phi) is 2.37. The van der Waals surface area contributed by atoms with E-state index in [0.29, 0.717) is 17.1 Å². The predicted octanol–water partition coefficient (Wildman–Crippen LogP) is 1.40. The Morgan fingerprint density at radius 2 is 2.33 bits per heavy atom. The van der Waals surface area contributed by atoms with Gasteiger partial charge in [0.15, 0.2) is 0 Å². The first-order chi connectivity index (χ1) is 8.63. The maximum Gasteiger partial charge on any atom is 0.346 e. The second-order valence-electron chi connectivity index (χ2n) is 3.66. The van der Waals surface area contributed by atoms with Crippen LogP contribution in [0.15, 0.2) is 43.6 Å². The summed E-state index contributed by atoms with van der Waals surface area (Å²) in [6.45, 7) is 0. The van der Waals surface area contributed by atoms with E-state index in [1.807, 2.05) is 0 Å². The number of H-pyrrole nitrogens is 1. The van der Waals surface area contributed by atoms with Gasteiger partial charge in [0.2, 0.25) is 0 Å².